The van der Waals surface area contributed by atoms with Gasteiger partial charge < -0.3 is 16.0 Å². The average molecular weight is 306 g/mol. The maximum absolute atomic E-state index is 12.6. The van der Waals surface area contributed by atoms with Crippen LogP contribution in [-0.4, -0.2) is 37.1 Å². The van der Waals surface area contributed by atoms with E-state index < -0.39 is 17.8 Å². The molecule has 1 atom stereocenters. The van der Waals surface area contributed by atoms with Crippen LogP contribution >= 0.6 is 11.3 Å². The first-order valence-corrected chi connectivity index (χ1v) is 6.97. The molecule has 0 saturated carbocycles. The van der Waals surface area contributed by atoms with E-state index in [1.165, 1.54) is 0 Å². The lowest BCUT2D eigenvalue weighted by molar-refractivity contribution is -0.140. The highest BCUT2D eigenvalue weighted by Crippen LogP contribution is 2.42. The van der Waals surface area contributed by atoms with Gasteiger partial charge in [-0.25, -0.2) is 4.98 Å². The van der Waals surface area contributed by atoms with Crippen LogP contribution in [0.1, 0.15) is 5.69 Å². The highest BCUT2D eigenvalue weighted by molar-refractivity contribution is 7.13. The van der Waals surface area contributed by atoms with Crippen molar-refractivity contribution >= 4 is 22.4 Å². The van der Waals surface area contributed by atoms with E-state index in [1.54, 1.807) is 4.90 Å². The van der Waals surface area contributed by atoms with E-state index in [2.05, 4.69) is 10.3 Å². The molecular weight excluding hydrogens is 293 g/mol. The molecule has 3 rings (SSSR count). The van der Waals surface area contributed by atoms with Crippen LogP contribution in [0.15, 0.2) is 5.38 Å². The first kappa shape index (κ1) is 13.6. The molecule has 1 aromatic rings. The molecule has 0 aliphatic carbocycles. The molecule has 2 fully saturated rings. The number of hydrogen-bond acceptors (Lipinski definition) is 5. The van der Waals surface area contributed by atoms with Crippen LogP contribution in [0.2, 0.25) is 0 Å². The number of amides is 1. The van der Waals surface area contributed by atoms with Gasteiger partial charge in [0.05, 0.1) is 5.92 Å². The Morgan fingerprint density at radius 2 is 2.25 bits per heavy atom. The third kappa shape index (κ3) is 2.05. The topological polar surface area (TPSA) is 71.2 Å². The zero-order chi connectivity index (χ0) is 14.5. The van der Waals surface area contributed by atoms with Crippen LogP contribution < -0.4 is 16.0 Å². The SMILES string of the molecule is NC(=O)C1CN(c2nc(C(F)(F)F)cs2)CC12CNC2. The Hall–Kier alpha value is -1.35. The standard InChI is InChI=1S/C11H13F3N4OS/c12-11(13,14)7-2-20-9(17-7)18-1-6(8(15)19)10(5-18)3-16-4-10/h2,6,16H,1,3-5H2,(H2,15,19). The Morgan fingerprint density at radius 3 is 2.65 bits per heavy atom. The van der Waals surface area contributed by atoms with E-state index in [0.29, 0.717) is 31.3 Å². The fourth-order valence-corrected chi connectivity index (χ4v) is 3.69. The van der Waals surface area contributed by atoms with Crippen LogP contribution in [0.3, 0.4) is 0 Å². The Morgan fingerprint density at radius 1 is 1.55 bits per heavy atom. The summed E-state index contributed by atoms with van der Waals surface area (Å²) < 4.78 is 37.7. The summed E-state index contributed by atoms with van der Waals surface area (Å²) >= 11 is 0.945. The first-order valence-electron chi connectivity index (χ1n) is 6.09. The van der Waals surface area contributed by atoms with Gasteiger partial charge in [-0.2, -0.15) is 13.2 Å². The minimum absolute atomic E-state index is 0.254. The van der Waals surface area contributed by atoms with Gasteiger partial charge >= 0.3 is 6.18 Å². The van der Waals surface area contributed by atoms with Crippen molar-refractivity contribution in [2.45, 2.75) is 6.18 Å². The summed E-state index contributed by atoms with van der Waals surface area (Å²) in [6.45, 7) is 2.17. The molecule has 3 N–H and O–H groups in total. The number of nitrogens with two attached hydrogens (primary N) is 1. The van der Waals surface area contributed by atoms with E-state index in [-0.39, 0.29) is 11.3 Å². The third-order valence-corrected chi connectivity index (χ3v) is 4.90. The molecule has 0 bridgehead atoms. The molecule has 1 spiro atoms. The summed E-state index contributed by atoms with van der Waals surface area (Å²) in [5.41, 5.74) is 4.26. The molecule has 2 saturated heterocycles. The number of aromatic nitrogens is 1. The van der Waals surface area contributed by atoms with Gasteiger partial charge in [-0.3, -0.25) is 4.79 Å². The van der Waals surface area contributed by atoms with Gasteiger partial charge in [0.1, 0.15) is 0 Å². The van der Waals surface area contributed by atoms with Crippen molar-refractivity contribution in [2.24, 2.45) is 17.1 Å². The lowest BCUT2D eigenvalue weighted by atomic mass is 9.73. The summed E-state index contributed by atoms with van der Waals surface area (Å²) in [6, 6.07) is 0. The second-order valence-electron chi connectivity index (χ2n) is 5.31. The lowest BCUT2D eigenvalue weighted by Crippen LogP contribution is -2.60. The molecule has 0 radical (unpaired) electrons. The Balaban J connectivity index is 1.82. The van der Waals surface area contributed by atoms with E-state index in [9.17, 15) is 18.0 Å². The Kier molecular flexibility index (Phi) is 2.94. The number of carbonyl (C=O) groups excluding carboxylic acids is 1. The molecule has 2 aliphatic rings. The van der Waals surface area contributed by atoms with Crippen molar-refractivity contribution in [1.29, 1.82) is 0 Å². The van der Waals surface area contributed by atoms with E-state index in [1.807, 2.05) is 0 Å². The van der Waals surface area contributed by atoms with Gasteiger partial charge in [-0.1, -0.05) is 0 Å². The van der Waals surface area contributed by atoms with Crippen LogP contribution in [0.5, 0.6) is 0 Å². The molecule has 1 unspecified atom stereocenters. The molecular formula is C11H13F3N4OS. The molecule has 3 heterocycles. The number of alkyl halides is 3. The number of nitrogens with one attached hydrogen (secondary N) is 1. The summed E-state index contributed by atoms with van der Waals surface area (Å²) in [7, 11) is 0. The number of thiazole rings is 1. The number of carbonyl (C=O) groups is 1. The Bertz CT molecular complexity index is 540. The molecule has 2 aliphatic heterocycles. The highest BCUT2D eigenvalue weighted by Gasteiger charge is 2.53. The van der Waals surface area contributed by atoms with Gasteiger partial charge in [0.25, 0.3) is 0 Å². The molecule has 0 aromatic carbocycles. The van der Waals surface area contributed by atoms with E-state index >= 15 is 0 Å². The predicted molar refractivity (Wildman–Crippen MR) is 67.3 cm³/mol. The summed E-state index contributed by atoms with van der Waals surface area (Å²) in [5.74, 6) is -0.747. The van der Waals surface area contributed by atoms with Crippen molar-refractivity contribution < 1.29 is 18.0 Å². The van der Waals surface area contributed by atoms with Crippen LogP contribution in [0.25, 0.3) is 0 Å². The van der Waals surface area contributed by atoms with Gasteiger partial charge in [0.15, 0.2) is 10.8 Å². The van der Waals surface area contributed by atoms with Crippen molar-refractivity contribution in [3.63, 3.8) is 0 Å². The molecule has 5 nitrogen and oxygen atoms in total. The van der Waals surface area contributed by atoms with Crippen LogP contribution in [0.4, 0.5) is 18.3 Å². The van der Waals surface area contributed by atoms with Gasteiger partial charge in [-0.05, 0) is 0 Å². The fourth-order valence-electron chi connectivity index (χ4n) is 2.85. The quantitative estimate of drug-likeness (QED) is 0.842. The smallest absolute Gasteiger partial charge is 0.369 e. The average Bonchev–Trinajstić information content (AvgIpc) is 2.91. The zero-order valence-corrected chi connectivity index (χ0v) is 11.2. The summed E-state index contributed by atoms with van der Waals surface area (Å²) in [6.07, 6.45) is -4.44. The largest absolute Gasteiger partial charge is 0.434 e. The molecule has 20 heavy (non-hydrogen) atoms. The van der Waals surface area contributed by atoms with Crippen molar-refractivity contribution in [3.05, 3.63) is 11.1 Å². The van der Waals surface area contributed by atoms with Gasteiger partial charge in [0.2, 0.25) is 5.91 Å². The van der Waals surface area contributed by atoms with Crippen molar-refractivity contribution in [2.75, 3.05) is 31.1 Å². The highest BCUT2D eigenvalue weighted by atomic mass is 32.1. The number of primary amides is 1. The van der Waals surface area contributed by atoms with Crippen molar-refractivity contribution in [1.82, 2.24) is 10.3 Å². The van der Waals surface area contributed by atoms with Crippen LogP contribution in [0, 0.1) is 11.3 Å². The minimum atomic E-state index is -4.44. The van der Waals surface area contributed by atoms with Gasteiger partial charge in [-0.15, -0.1) is 11.3 Å². The second-order valence-corrected chi connectivity index (χ2v) is 6.15. The van der Waals surface area contributed by atoms with Crippen LogP contribution in [-0.2, 0) is 11.0 Å². The first-order chi connectivity index (χ1) is 9.32. The fraction of sp³-hybridized carbons (Fsp3) is 0.636. The molecule has 1 aromatic heterocycles. The number of hydrogen-bond donors (Lipinski definition) is 2. The third-order valence-electron chi connectivity index (χ3n) is 4.00. The normalized spacial score (nSPS) is 24.9. The number of halogens is 3. The number of nitrogens with zero attached hydrogens (tertiary/aromatic N) is 2. The molecule has 1 amide bonds. The lowest BCUT2D eigenvalue weighted by Gasteiger charge is -2.42. The molecule has 9 heteroatoms. The summed E-state index contributed by atoms with van der Waals surface area (Å²) in [4.78, 5) is 16.9. The Labute approximate surface area is 117 Å². The van der Waals surface area contributed by atoms with Crippen molar-refractivity contribution in [3.8, 4) is 0 Å². The summed E-state index contributed by atoms with van der Waals surface area (Å²) in [5, 5.41) is 4.40. The van der Waals surface area contributed by atoms with Gasteiger partial charge in [0, 0.05) is 37.0 Å². The van der Waals surface area contributed by atoms with E-state index in [0.717, 1.165) is 16.7 Å². The number of anilines is 1. The zero-order valence-electron chi connectivity index (χ0n) is 10.4. The second kappa shape index (κ2) is 4.32. The maximum Gasteiger partial charge on any atom is 0.434 e. The predicted octanol–water partition coefficient (Wildman–Crippen LogP) is 0.673. The van der Waals surface area contributed by atoms with E-state index in [4.69, 9.17) is 5.73 Å². The number of rotatable bonds is 2. The monoisotopic (exact) mass is 306 g/mol. The minimum Gasteiger partial charge on any atom is -0.369 e. The molecule has 110 valence electrons. The maximum atomic E-state index is 12.6.